The maximum atomic E-state index is 14.0. The quantitative estimate of drug-likeness (QED) is 0.193. The maximum Gasteiger partial charge on any atom is 0.408 e. The van der Waals surface area contributed by atoms with Crippen molar-refractivity contribution in [1.29, 1.82) is 0 Å². The predicted molar refractivity (Wildman–Crippen MR) is 160 cm³/mol. The second-order valence-electron chi connectivity index (χ2n) is 10.6. The van der Waals surface area contributed by atoms with Crippen LogP contribution in [0.1, 0.15) is 39.9 Å². The van der Waals surface area contributed by atoms with E-state index in [2.05, 4.69) is 10.3 Å². The molecule has 1 atom stereocenters. The first-order valence-electron chi connectivity index (χ1n) is 14.0. The summed E-state index contributed by atoms with van der Waals surface area (Å²) in [6.45, 7) is 2.35. The lowest BCUT2D eigenvalue weighted by atomic mass is 9.94. The molecule has 2 heterocycles. The molecular formula is C32H32N4O7. The number of fused-ring (bicyclic) bond motifs is 1. The Morgan fingerprint density at radius 3 is 2.33 bits per heavy atom. The summed E-state index contributed by atoms with van der Waals surface area (Å²) in [5.74, 6) is -1.80. The van der Waals surface area contributed by atoms with E-state index in [4.69, 9.17) is 14.9 Å². The van der Waals surface area contributed by atoms with Gasteiger partial charge in [-0.05, 0) is 42.5 Å². The summed E-state index contributed by atoms with van der Waals surface area (Å²) in [5, 5.41) is 12.1. The van der Waals surface area contributed by atoms with E-state index in [1.165, 1.54) is 6.07 Å². The van der Waals surface area contributed by atoms with Gasteiger partial charge in [-0.1, -0.05) is 60.7 Å². The Morgan fingerprint density at radius 1 is 1.07 bits per heavy atom. The summed E-state index contributed by atoms with van der Waals surface area (Å²) in [7, 11) is 0. The molecule has 1 aliphatic heterocycles. The number of alkyl carbamates (subject to hydrolysis) is 1. The third-order valence-electron chi connectivity index (χ3n) is 7.69. The number of amides is 1. The van der Waals surface area contributed by atoms with Crippen LogP contribution >= 0.6 is 0 Å². The van der Waals surface area contributed by atoms with Crippen molar-refractivity contribution < 1.29 is 28.6 Å². The van der Waals surface area contributed by atoms with Gasteiger partial charge in [0, 0.05) is 30.8 Å². The number of rotatable bonds is 9. The number of Topliss-reactive ketones (excluding diaryl/α,β-unsaturated/α-hetero) is 1. The Bertz CT molecular complexity index is 1700. The highest BCUT2D eigenvalue weighted by molar-refractivity contribution is 6.09. The molecule has 1 aromatic heterocycles. The van der Waals surface area contributed by atoms with Gasteiger partial charge in [-0.3, -0.25) is 9.59 Å². The van der Waals surface area contributed by atoms with E-state index in [1.807, 2.05) is 60.7 Å². The number of aryl methyl sites for hydroxylation is 1. The number of carbonyl (C=O) groups is 3. The summed E-state index contributed by atoms with van der Waals surface area (Å²) in [6, 6.07) is 18.9. The van der Waals surface area contributed by atoms with Gasteiger partial charge < -0.3 is 30.2 Å². The number of aliphatic carboxylic acids is 1. The first-order chi connectivity index (χ1) is 20.7. The Balaban J connectivity index is 1.45. The summed E-state index contributed by atoms with van der Waals surface area (Å²) in [5.41, 5.74) is 8.08. The summed E-state index contributed by atoms with van der Waals surface area (Å²) >= 11 is 0. The number of carboxylic acids is 1. The highest BCUT2D eigenvalue weighted by Gasteiger charge is 2.29. The van der Waals surface area contributed by atoms with Crippen molar-refractivity contribution in [2.75, 3.05) is 23.7 Å². The highest BCUT2D eigenvalue weighted by atomic mass is 16.5. The second kappa shape index (κ2) is 12.8. The molecule has 5 rings (SSSR count). The number of nitrogen functional groups attached to an aromatic ring is 1. The fourth-order valence-corrected chi connectivity index (χ4v) is 5.23. The second-order valence-corrected chi connectivity index (χ2v) is 10.6. The molecule has 1 amide bonds. The number of nitrogens with zero attached hydrogens (tertiary/aromatic N) is 2. The van der Waals surface area contributed by atoms with Gasteiger partial charge in [-0.2, -0.15) is 4.98 Å². The van der Waals surface area contributed by atoms with Crippen molar-refractivity contribution in [1.82, 2.24) is 10.3 Å². The lowest BCUT2D eigenvalue weighted by Gasteiger charge is -2.29. The fraction of sp³-hybridized carbons (Fsp3) is 0.281. The van der Waals surface area contributed by atoms with E-state index in [0.717, 1.165) is 11.1 Å². The topological polar surface area (TPSA) is 165 Å². The minimum Gasteiger partial charge on any atom is -0.481 e. The van der Waals surface area contributed by atoms with Crippen molar-refractivity contribution >= 4 is 40.5 Å². The largest absolute Gasteiger partial charge is 0.481 e. The molecule has 0 spiro atoms. The minimum atomic E-state index is -1.03. The standard InChI is InChI=1S/C32H32N4O7/c1-19-26-24(34-31(43-30(26)40)36-14-12-22(13-15-36)29(38)39)17-23(27(19)33)28(37)25(16-20-8-4-2-5-9-20)35-32(41)42-18-21-10-6-3-7-11-21/h2-11,17,22,25H,12-16,18,33H2,1H3,(H,35,41)(H,38,39)/t25-/m0/s1. The Morgan fingerprint density at radius 2 is 1.70 bits per heavy atom. The lowest BCUT2D eigenvalue weighted by Crippen LogP contribution is -2.43. The number of piperidine rings is 1. The predicted octanol–water partition coefficient (Wildman–Crippen LogP) is 4.10. The molecule has 0 aliphatic carbocycles. The highest BCUT2D eigenvalue weighted by Crippen LogP contribution is 2.29. The smallest absolute Gasteiger partial charge is 0.408 e. The van der Waals surface area contributed by atoms with Gasteiger partial charge in [0.1, 0.15) is 6.61 Å². The Labute approximate surface area is 247 Å². The number of hydrogen-bond acceptors (Lipinski definition) is 9. The number of hydrogen-bond donors (Lipinski definition) is 3. The average molecular weight is 585 g/mol. The SMILES string of the molecule is Cc1c(N)c(C(=O)[C@H](Cc2ccccc2)NC(=O)OCc2ccccc2)cc2nc(N3CCC(C(=O)O)CC3)oc(=O)c12. The molecule has 0 radical (unpaired) electrons. The number of ketones is 1. The van der Waals surface area contributed by atoms with Gasteiger partial charge in [0.05, 0.1) is 22.9 Å². The van der Waals surface area contributed by atoms with Crippen LogP contribution in [0.4, 0.5) is 16.5 Å². The molecule has 1 saturated heterocycles. The molecule has 0 saturated carbocycles. The first kappa shape index (κ1) is 29.3. The molecule has 11 nitrogen and oxygen atoms in total. The van der Waals surface area contributed by atoms with Crippen LogP contribution in [0.15, 0.2) is 75.9 Å². The van der Waals surface area contributed by atoms with E-state index >= 15 is 0 Å². The van der Waals surface area contributed by atoms with Crippen molar-refractivity contribution in [3.05, 3.63) is 99.4 Å². The molecule has 3 aromatic carbocycles. The lowest BCUT2D eigenvalue weighted by molar-refractivity contribution is -0.142. The number of benzene rings is 3. The van der Waals surface area contributed by atoms with Gasteiger partial charge in [0.15, 0.2) is 5.78 Å². The van der Waals surface area contributed by atoms with Gasteiger partial charge in [0.25, 0.3) is 0 Å². The third kappa shape index (κ3) is 6.66. The van der Waals surface area contributed by atoms with E-state index in [-0.39, 0.29) is 41.2 Å². The van der Waals surface area contributed by atoms with Crippen LogP contribution in [0.25, 0.3) is 10.9 Å². The summed E-state index contributed by atoms with van der Waals surface area (Å²) < 4.78 is 10.9. The van der Waals surface area contributed by atoms with Crippen LogP contribution in [0.5, 0.6) is 0 Å². The van der Waals surface area contributed by atoms with Crippen LogP contribution in [0, 0.1) is 12.8 Å². The zero-order chi connectivity index (χ0) is 30.5. The van der Waals surface area contributed by atoms with Crippen molar-refractivity contribution in [2.24, 2.45) is 5.92 Å². The molecule has 43 heavy (non-hydrogen) atoms. The monoisotopic (exact) mass is 584 g/mol. The first-order valence-corrected chi connectivity index (χ1v) is 14.0. The van der Waals surface area contributed by atoms with Crippen molar-refractivity contribution in [2.45, 2.75) is 38.8 Å². The third-order valence-corrected chi connectivity index (χ3v) is 7.69. The number of ether oxygens (including phenoxy) is 1. The molecule has 0 unspecified atom stereocenters. The van der Waals surface area contributed by atoms with Crippen molar-refractivity contribution in [3.8, 4) is 0 Å². The molecule has 4 N–H and O–H groups in total. The van der Waals surface area contributed by atoms with E-state index < -0.39 is 35.4 Å². The minimum absolute atomic E-state index is 0.0301. The van der Waals surface area contributed by atoms with Gasteiger partial charge in [0.2, 0.25) is 0 Å². The normalized spacial score (nSPS) is 14.3. The van der Waals surface area contributed by atoms with E-state index in [1.54, 1.807) is 11.8 Å². The number of carbonyl (C=O) groups excluding carboxylic acids is 2. The molecule has 0 bridgehead atoms. The van der Waals surface area contributed by atoms with Crippen LogP contribution in [0.3, 0.4) is 0 Å². The number of nitrogens with two attached hydrogens (primary N) is 1. The maximum absolute atomic E-state index is 14.0. The molecule has 11 heteroatoms. The average Bonchev–Trinajstić information content (AvgIpc) is 3.02. The molecule has 1 aliphatic rings. The van der Waals surface area contributed by atoms with Crippen LogP contribution in [-0.4, -0.2) is 47.1 Å². The van der Waals surface area contributed by atoms with Crippen LogP contribution < -0.4 is 21.6 Å². The summed E-state index contributed by atoms with van der Waals surface area (Å²) in [4.78, 5) is 57.5. The zero-order valence-corrected chi connectivity index (χ0v) is 23.6. The van der Waals surface area contributed by atoms with Gasteiger partial charge in [-0.25, -0.2) is 9.59 Å². The molecule has 1 fully saturated rings. The van der Waals surface area contributed by atoms with Crippen molar-refractivity contribution in [3.63, 3.8) is 0 Å². The molecule has 4 aromatic rings. The van der Waals surface area contributed by atoms with Crippen LogP contribution in [0.2, 0.25) is 0 Å². The molecular weight excluding hydrogens is 552 g/mol. The van der Waals surface area contributed by atoms with Crippen LogP contribution in [-0.2, 0) is 22.6 Å². The number of carboxylic acid groups (broad SMARTS) is 1. The Kier molecular flexibility index (Phi) is 8.70. The summed E-state index contributed by atoms with van der Waals surface area (Å²) in [6.07, 6.45) is 0.178. The zero-order valence-electron chi connectivity index (χ0n) is 23.6. The van der Waals surface area contributed by atoms with E-state index in [9.17, 15) is 24.3 Å². The van der Waals surface area contributed by atoms with Gasteiger partial charge >= 0.3 is 23.7 Å². The fourth-order valence-electron chi connectivity index (χ4n) is 5.23. The number of aromatic nitrogens is 1. The molecule has 222 valence electrons. The van der Waals surface area contributed by atoms with Gasteiger partial charge in [-0.15, -0.1) is 0 Å². The Hall–Kier alpha value is -5.19. The number of nitrogens with one attached hydrogen (secondary N) is 1. The number of anilines is 2. The van der Waals surface area contributed by atoms with E-state index in [0.29, 0.717) is 31.5 Å².